The van der Waals surface area contributed by atoms with E-state index in [9.17, 15) is 34.6 Å². The maximum Gasteiger partial charge on any atom is 1.00 e. The largest absolute Gasteiger partial charge is 1.00 e. The number of nitro groups is 2. The van der Waals surface area contributed by atoms with E-state index in [1.54, 1.807) is 43.4 Å². The number of aldehydes is 1. The Hall–Kier alpha value is -3.04. The molecule has 0 bridgehead atoms. The van der Waals surface area contributed by atoms with E-state index in [0.717, 1.165) is 7.11 Å². The zero-order chi connectivity index (χ0) is 29.6. The predicted molar refractivity (Wildman–Crippen MR) is 117 cm³/mol. The average molecular weight is 673 g/mol. The molecule has 206 valence electrons. The van der Waals surface area contributed by atoms with Crippen LogP contribution < -0.4 is 63.4 Å². The summed E-state index contributed by atoms with van der Waals surface area (Å²) in [5.41, 5.74) is -0.850. The molecule has 0 saturated carbocycles. The first-order valence-corrected chi connectivity index (χ1v) is 13.2. The van der Waals surface area contributed by atoms with Crippen molar-refractivity contribution in [2.75, 3.05) is 28.3 Å². The van der Waals surface area contributed by atoms with Crippen LogP contribution in [0.5, 0.6) is 0 Å². The third-order valence-corrected chi connectivity index (χ3v) is 3.99. The van der Waals surface area contributed by atoms with Crippen LogP contribution in [0, 0.1) is 20.2 Å². The second-order valence-corrected chi connectivity index (χ2v) is 8.92. The summed E-state index contributed by atoms with van der Waals surface area (Å²) in [4.78, 5) is 55.3. The molecule has 0 aliphatic rings. The van der Waals surface area contributed by atoms with Crippen LogP contribution in [-0.4, -0.2) is 61.3 Å². The van der Waals surface area contributed by atoms with Crippen molar-refractivity contribution in [3.8, 4) is 0 Å². The standard InChI is InChI=1S/C12H14N2O4.C9H7NO5.IO4.Na/c1-13(2)8-7-9-5-4-6-10(12(15)18-3)11(9)14(16)17;1-15-9(12)7-4-2-3-6(5-11)8(7)10(13)14;2-1(3,4)5;/h4-8H,1-3H3;2-5H,1H3;;/q;;-1;+1/b8-7+;;;. The zero-order valence-corrected chi connectivity index (χ0v) is 25.4. The number of nitrogens with zero attached hydrogens (tertiary/aromatic N) is 3. The molecule has 0 aliphatic carbocycles. The van der Waals surface area contributed by atoms with Crippen molar-refractivity contribution in [3.63, 3.8) is 0 Å². The predicted octanol–water partition coefficient (Wildman–Crippen LogP) is -7.64. The van der Waals surface area contributed by atoms with Gasteiger partial charge in [0.1, 0.15) is 31.2 Å². The van der Waals surface area contributed by atoms with Gasteiger partial charge in [0.25, 0.3) is 11.4 Å². The van der Waals surface area contributed by atoms with Gasteiger partial charge < -0.3 is 14.4 Å². The van der Waals surface area contributed by atoms with Gasteiger partial charge in [0.05, 0.1) is 35.2 Å². The third kappa shape index (κ3) is 14.1. The Labute approximate surface area is 249 Å². The fourth-order valence-corrected chi connectivity index (χ4v) is 2.54. The van der Waals surface area contributed by atoms with Crippen LogP contribution in [-0.2, 0) is 9.47 Å². The van der Waals surface area contributed by atoms with Crippen LogP contribution in [0.1, 0.15) is 36.6 Å². The molecule has 0 aromatic heterocycles. The van der Waals surface area contributed by atoms with E-state index in [1.165, 1.54) is 31.4 Å². The maximum atomic E-state index is 11.5. The van der Waals surface area contributed by atoms with Crippen molar-refractivity contribution >= 4 is 35.7 Å². The van der Waals surface area contributed by atoms with Crippen molar-refractivity contribution in [1.82, 2.24) is 4.90 Å². The molecule has 0 radical (unpaired) electrons. The summed E-state index contributed by atoms with van der Waals surface area (Å²) in [7, 11) is 5.90. The van der Waals surface area contributed by atoms with Gasteiger partial charge in [0.15, 0.2) is 6.29 Å². The molecule has 0 spiro atoms. The van der Waals surface area contributed by atoms with Gasteiger partial charge in [-0.25, -0.2) is 9.59 Å². The maximum absolute atomic E-state index is 11.5. The smallest absolute Gasteiger partial charge is 0.465 e. The van der Waals surface area contributed by atoms with E-state index in [-0.39, 0.29) is 51.9 Å². The van der Waals surface area contributed by atoms with Crippen LogP contribution in [0.4, 0.5) is 11.4 Å². The SMILES string of the molecule is COC(=O)c1cccc(/C=C/N(C)C)c1[N+](=O)[O-].COC(=O)c1cccc(C=O)c1[N+](=O)[O-].[Na+].[O-][I+3]([O-])([O-])[O-]. The van der Waals surface area contributed by atoms with Gasteiger partial charge in [-0.05, 0) is 36.5 Å². The molecule has 18 heteroatoms. The number of hydrogen-bond acceptors (Lipinski definition) is 14. The molecule has 0 fully saturated rings. The van der Waals surface area contributed by atoms with Crippen molar-refractivity contribution in [2.45, 2.75) is 0 Å². The van der Waals surface area contributed by atoms with Crippen LogP contribution >= 0.6 is 0 Å². The first-order valence-electron chi connectivity index (χ1n) is 9.71. The third-order valence-electron chi connectivity index (χ3n) is 3.99. The van der Waals surface area contributed by atoms with E-state index in [0.29, 0.717) is 11.8 Å². The van der Waals surface area contributed by atoms with Crippen molar-refractivity contribution in [2.24, 2.45) is 0 Å². The molecule has 0 saturated heterocycles. The molecule has 39 heavy (non-hydrogen) atoms. The molecule has 2 aromatic carbocycles. The Morgan fingerprint density at radius 3 is 1.49 bits per heavy atom. The molecule has 2 rings (SSSR count). The minimum Gasteiger partial charge on any atom is -0.465 e. The van der Waals surface area contributed by atoms with Gasteiger partial charge in [0, 0.05) is 14.1 Å². The van der Waals surface area contributed by atoms with Crippen LogP contribution in [0.2, 0.25) is 0 Å². The van der Waals surface area contributed by atoms with Crippen LogP contribution in [0.25, 0.3) is 6.08 Å². The Bertz CT molecular complexity index is 1190. The normalized spacial score (nSPS) is 9.95. The number of carbonyl (C=O) groups is 3. The molecule has 0 N–H and O–H groups in total. The Morgan fingerprint density at radius 2 is 1.18 bits per heavy atom. The van der Waals surface area contributed by atoms with Crippen molar-refractivity contribution < 1.29 is 97.1 Å². The topological polar surface area (TPSA) is 251 Å². The fourth-order valence-electron chi connectivity index (χ4n) is 2.54. The van der Waals surface area contributed by atoms with Crippen LogP contribution in [0.15, 0.2) is 42.6 Å². The molecule has 16 nitrogen and oxygen atoms in total. The van der Waals surface area contributed by atoms with Gasteiger partial charge in [-0.3, -0.25) is 38.8 Å². The second kappa shape index (κ2) is 18.3. The summed E-state index contributed by atoms with van der Waals surface area (Å²) < 4.78 is 43.4. The summed E-state index contributed by atoms with van der Waals surface area (Å²) in [6, 6.07) is 8.40. The number of esters is 2. The summed E-state index contributed by atoms with van der Waals surface area (Å²) >= 11 is -5.94. The van der Waals surface area contributed by atoms with E-state index in [2.05, 4.69) is 9.47 Å². The molecule has 0 aliphatic heterocycles. The Kier molecular flexibility index (Phi) is 17.9. The number of para-hydroxylation sites is 2. The summed E-state index contributed by atoms with van der Waals surface area (Å²) in [6.07, 6.45) is 3.57. The number of carbonyl (C=O) groups excluding carboxylic acids is 3. The fraction of sp³-hybridized carbons (Fsp3) is 0.190. The Morgan fingerprint density at radius 1 is 0.821 bits per heavy atom. The number of methoxy groups -OCH3 is 2. The summed E-state index contributed by atoms with van der Waals surface area (Å²) in [5.74, 6) is -1.56. The van der Waals surface area contributed by atoms with Gasteiger partial charge >= 0.3 is 41.5 Å². The number of hydrogen-bond donors (Lipinski definition) is 0. The van der Waals surface area contributed by atoms with Crippen molar-refractivity contribution in [3.05, 3.63) is 85.1 Å². The molecule has 0 atom stereocenters. The monoisotopic (exact) mass is 673 g/mol. The molecule has 2 aromatic rings. The van der Waals surface area contributed by atoms with E-state index in [4.69, 9.17) is 13.7 Å². The first-order chi connectivity index (χ1) is 17.6. The van der Waals surface area contributed by atoms with E-state index in [1.807, 2.05) is 0 Å². The van der Waals surface area contributed by atoms with Gasteiger partial charge in [0.2, 0.25) is 0 Å². The number of nitro benzene ring substituents is 2. The number of benzene rings is 2. The quantitative estimate of drug-likeness (QED) is 0.0661. The minimum atomic E-state index is -5.94. The summed E-state index contributed by atoms with van der Waals surface area (Å²) in [6.45, 7) is 0. The molecule has 0 heterocycles. The summed E-state index contributed by atoms with van der Waals surface area (Å²) in [5, 5.41) is 21.7. The average Bonchev–Trinajstić information content (AvgIpc) is 2.84. The van der Waals surface area contributed by atoms with E-state index < -0.39 is 47.6 Å². The number of rotatable bonds is 7. The Balaban J connectivity index is 0. The van der Waals surface area contributed by atoms with Crippen LogP contribution in [0.3, 0.4) is 0 Å². The molecular formula is C21H21IN3NaO13. The number of ether oxygens (including phenoxy) is 2. The molecular weight excluding hydrogens is 652 g/mol. The van der Waals surface area contributed by atoms with E-state index >= 15 is 0 Å². The first kappa shape index (κ1) is 38.1. The minimum absolute atomic E-state index is 0. The van der Waals surface area contributed by atoms with Crippen molar-refractivity contribution in [1.29, 1.82) is 0 Å². The molecule has 0 unspecified atom stereocenters. The van der Waals surface area contributed by atoms with Gasteiger partial charge in [-0.15, -0.1) is 0 Å². The second-order valence-electron chi connectivity index (χ2n) is 6.76. The van der Waals surface area contributed by atoms with Gasteiger partial charge in [-0.1, -0.05) is 12.1 Å². The number of halogens is 1. The van der Waals surface area contributed by atoms with Gasteiger partial charge in [-0.2, -0.15) is 0 Å². The zero-order valence-electron chi connectivity index (χ0n) is 21.2. The molecule has 0 amide bonds.